The van der Waals surface area contributed by atoms with Gasteiger partial charge in [0.05, 0.1) is 6.61 Å². The van der Waals surface area contributed by atoms with Crippen LogP contribution in [0, 0.1) is 5.92 Å². The van der Waals surface area contributed by atoms with Gasteiger partial charge in [-0.25, -0.2) is 29.4 Å². The third-order valence-electron chi connectivity index (χ3n) is 4.70. The molecule has 0 radical (unpaired) electrons. The highest BCUT2D eigenvalue weighted by Gasteiger charge is 2.27. The van der Waals surface area contributed by atoms with Crippen LogP contribution in [-0.2, 0) is 9.53 Å². The van der Waals surface area contributed by atoms with Crippen molar-refractivity contribution in [3.05, 3.63) is 36.1 Å². The second kappa shape index (κ2) is 8.95. The minimum absolute atomic E-state index is 0.0922. The summed E-state index contributed by atoms with van der Waals surface area (Å²) in [6.07, 6.45) is 5.89. The van der Waals surface area contributed by atoms with Crippen molar-refractivity contribution in [3.63, 3.8) is 0 Å². The molecule has 1 N–H and O–H groups in total. The van der Waals surface area contributed by atoms with Gasteiger partial charge in [-0.1, -0.05) is 0 Å². The van der Waals surface area contributed by atoms with Gasteiger partial charge in [-0.15, -0.1) is 11.3 Å². The minimum Gasteiger partial charge on any atom is -0.461 e. The van der Waals surface area contributed by atoms with Crippen LogP contribution in [0.5, 0.6) is 0 Å². The van der Waals surface area contributed by atoms with Crippen LogP contribution < -0.4 is 10.2 Å². The molecule has 1 amide bonds. The SMILES string of the molecule is CCOC(=O)c1csc(NC(=O)C2CCN(c3cc(-n4cncn4)ncn3)CC2)n1. The number of rotatable bonds is 6. The largest absolute Gasteiger partial charge is 0.461 e. The van der Waals surface area contributed by atoms with E-state index in [2.05, 4.69) is 35.3 Å². The molecule has 0 aromatic carbocycles. The summed E-state index contributed by atoms with van der Waals surface area (Å²) in [5.74, 6) is 0.711. The Labute approximate surface area is 176 Å². The fourth-order valence-corrected chi connectivity index (χ4v) is 3.85. The fraction of sp³-hybridized carbons (Fsp3) is 0.389. The molecule has 0 saturated carbocycles. The first-order chi connectivity index (χ1) is 14.6. The van der Waals surface area contributed by atoms with Crippen molar-refractivity contribution in [3.8, 4) is 5.82 Å². The van der Waals surface area contributed by atoms with E-state index in [1.165, 1.54) is 24.0 Å². The van der Waals surface area contributed by atoms with Gasteiger partial charge in [0.1, 0.15) is 24.8 Å². The van der Waals surface area contributed by atoms with E-state index in [-0.39, 0.29) is 24.1 Å². The normalized spacial score (nSPS) is 14.5. The van der Waals surface area contributed by atoms with E-state index in [4.69, 9.17) is 4.74 Å². The second-order valence-corrected chi connectivity index (χ2v) is 7.44. The predicted octanol–water partition coefficient (Wildman–Crippen LogP) is 1.55. The first-order valence-corrected chi connectivity index (χ1v) is 10.4. The maximum atomic E-state index is 12.6. The number of aromatic nitrogens is 6. The standard InChI is InChI=1S/C18H20N8O3S/c1-2-29-17(28)13-8-30-18(23-13)24-16(27)12-3-5-25(6-4-12)14-7-15(21-10-20-14)26-11-19-9-22-26/h7-12H,2-6H2,1H3,(H,23,24,27). The maximum absolute atomic E-state index is 12.6. The number of carbonyl (C=O) groups is 2. The predicted molar refractivity (Wildman–Crippen MR) is 109 cm³/mol. The zero-order chi connectivity index (χ0) is 20.9. The highest BCUT2D eigenvalue weighted by atomic mass is 32.1. The van der Waals surface area contributed by atoms with Gasteiger partial charge >= 0.3 is 5.97 Å². The van der Waals surface area contributed by atoms with Crippen molar-refractivity contribution in [2.24, 2.45) is 5.92 Å². The van der Waals surface area contributed by atoms with Gasteiger partial charge in [-0.2, -0.15) is 5.10 Å². The minimum atomic E-state index is -0.488. The molecule has 3 aromatic heterocycles. The summed E-state index contributed by atoms with van der Waals surface area (Å²) in [6, 6.07) is 1.85. The summed E-state index contributed by atoms with van der Waals surface area (Å²) >= 11 is 1.21. The van der Waals surface area contributed by atoms with Crippen molar-refractivity contribution in [1.29, 1.82) is 0 Å². The number of hydrogen-bond donors (Lipinski definition) is 1. The number of nitrogens with one attached hydrogen (secondary N) is 1. The summed E-state index contributed by atoms with van der Waals surface area (Å²) in [6.45, 7) is 3.40. The van der Waals surface area contributed by atoms with Crippen molar-refractivity contribution in [2.45, 2.75) is 19.8 Å². The molecule has 12 heteroatoms. The number of nitrogens with zero attached hydrogens (tertiary/aromatic N) is 7. The zero-order valence-electron chi connectivity index (χ0n) is 16.3. The molecule has 3 aromatic rings. The lowest BCUT2D eigenvalue weighted by Crippen LogP contribution is -2.38. The summed E-state index contributed by atoms with van der Waals surface area (Å²) in [7, 11) is 0. The lowest BCUT2D eigenvalue weighted by molar-refractivity contribution is -0.120. The number of carbonyl (C=O) groups excluding carboxylic acids is 2. The van der Waals surface area contributed by atoms with Crippen LogP contribution in [-0.4, -0.2) is 61.3 Å². The molecule has 0 atom stereocenters. The molecular weight excluding hydrogens is 408 g/mol. The quantitative estimate of drug-likeness (QED) is 0.581. The van der Waals surface area contributed by atoms with Crippen LogP contribution in [0.15, 0.2) is 30.4 Å². The Morgan fingerprint density at radius 3 is 2.77 bits per heavy atom. The number of hydrogen-bond acceptors (Lipinski definition) is 10. The number of piperidine rings is 1. The molecule has 4 rings (SSSR count). The van der Waals surface area contributed by atoms with Crippen molar-refractivity contribution in [2.75, 3.05) is 29.9 Å². The number of anilines is 2. The molecule has 0 aliphatic carbocycles. The first-order valence-electron chi connectivity index (χ1n) is 9.49. The molecule has 4 heterocycles. The molecular formula is C18H20N8O3S. The number of esters is 1. The molecule has 1 aliphatic heterocycles. The van der Waals surface area contributed by atoms with Crippen molar-refractivity contribution < 1.29 is 14.3 Å². The molecule has 0 bridgehead atoms. The van der Waals surface area contributed by atoms with Crippen molar-refractivity contribution >= 4 is 34.2 Å². The Morgan fingerprint density at radius 1 is 1.23 bits per heavy atom. The van der Waals surface area contributed by atoms with Crippen LogP contribution in [0.25, 0.3) is 5.82 Å². The summed E-state index contributed by atoms with van der Waals surface area (Å²) in [5, 5.41) is 8.87. The van der Waals surface area contributed by atoms with E-state index in [9.17, 15) is 9.59 Å². The zero-order valence-corrected chi connectivity index (χ0v) is 17.1. The second-order valence-electron chi connectivity index (χ2n) is 6.58. The van der Waals surface area contributed by atoms with Gasteiger partial charge < -0.3 is 15.0 Å². The average molecular weight is 428 g/mol. The van der Waals surface area contributed by atoms with Crippen molar-refractivity contribution in [1.82, 2.24) is 29.7 Å². The third-order valence-corrected chi connectivity index (χ3v) is 5.46. The van der Waals surface area contributed by atoms with Crippen LogP contribution in [0.1, 0.15) is 30.3 Å². The van der Waals surface area contributed by atoms with Crippen LogP contribution in [0.4, 0.5) is 10.9 Å². The highest BCUT2D eigenvalue weighted by molar-refractivity contribution is 7.14. The maximum Gasteiger partial charge on any atom is 0.357 e. The number of ether oxygens (including phenoxy) is 1. The van der Waals surface area contributed by atoms with Crippen LogP contribution in [0.2, 0.25) is 0 Å². The number of thiazole rings is 1. The third kappa shape index (κ3) is 4.43. The summed E-state index contributed by atoms with van der Waals surface area (Å²) in [4.78, 5) is 43.0. The van der Waals surface area contributed by atoms with Crippen LogP contribution in [0.3, 0.4) is 0 Å². The van der Waals surface area contributed by atoms with E-state index < -0.39 is 5.97 Å². The van der Waals surface area contributed by atoms with E-state index in [0.29, 0.717) is 36.9 Å². The molecule has 0 spiro atoms. The van der Waals surface area contributed by atoms with E-state index >= 15 is 0 Å². The van der Waals surface area contributed by atoms with Gasteiger partial charge in [0.25, 0.3) is 0 Å². The molecule has 1 fully saturated rings. The first kappa shape index (κ1) is 19.9. The molecule has 30 heavy (non-hydrogen) atoms. The Balaban J connectivity index is 1.33. The van der Waals surface area contributed by atoms with Gasteiger partial charge in [0.2, 0.25) is 5.91 Å². The molecule has 1 saturated heterocycles. The Hall–Kier alpha value is -3.41. The molecule has 11 nitrogen and oxygen atoms in total. The molecule has 1 aliphatic rings. The van der Waals surface area contributed by atoms with E-state index in [1.807, 2.05) is 6.07 Å². The lowest BCUT2D eigenvalue weighted by atomic mass is 9.96. The van der Waals surface area contributed by atoms with Gasteiger partial charge in [0.15, 0.2) is 16.6 Å². The number of amides is 1. The smallest absolute Gasteiger partial charge is 0.357 e. The van der Waals surface area contributed by atoms with Gasteiger partial charge in [-0.3, -0.25) is 4.79 Å². The van der Waals surface area contributed by atoms with Gasteiger partial charge in [0, 0.05) is 30.5 Å². The van der Waals surface area contributed by atoms with Gasteiger partial charge in [-0.05, 0) is 19.8 Å². The average Bonchev–Trinajstić information content (AvgIpc) is 3.47. The molecule has 156 valence electrons. The monoisotopic (exact) mass is 428 g/mol. The summed E-state index contributed by atoms with van der Waals surface area (Å²) in [5.41, 5.74) is 0.207. The van der Waals surface area contributed by atoms with E-state index in [1.54, 1.807) is 23.3 Å². The lowest BCUT2D eigenvalue weighted by Gasteiger charge is -2.32. The fourth-order valence-electron chi connectivity index (χ4n) is 3.17. The Bertz CT molecular complexity index is 1010. The highest BCUT2D eigenvalue weighted by Crippen LogP contribution is 2.24. The summed E-state index contributed by atoms with van der Waals surface area (Å²) < 4.78 is 6.49. The van der Waals surface area contributed by atoms with Crippen LogP contribution >= 0.6 is 11.3 Å². The Morgan fingerprint density at radius 2 is 2.03 bits per heavy atom. The van der Waals surface area contributed by atoms with E-state index in [0.717, 1.165) is 5.82 Å². The topological polar surface area (TPSA) is 128 Å². The molecule has 0 unspecified atom stereocenters. The Kier molecular flexibility index (Phi) is 5.93.